The van der Waals surface area contributed by atoms with Gasteiger partial charge in [0.15, 0.2) is 5.96 Å². The molecule has 150 valence electrons. The molecule has 1 saturated heterocycles. The summed E-state index contributed by atoms with van der Waals surface area (Å²) in [6, 6.07) is 2.34. The van der Waals surface area contributed by atoms with E-state index in [4.69, 9.17) is 4.99 Å². The van der Waals surface area contributed by atoms with E-state index in [1.54, 1.807) is 0 Å². The molecule has 0 atom stereocenters. The van der Waals surface area contributed by atoms with E-state index in [1.165, 1.54) is 25.9 Å². The average Bonchev–Trinajstić information content (AvgIpc) is 2.51. The SMILES string of the molecule is CCNC(=NCCN(C(C)C)C(C)C)NC1CCN(C(C)C)CC1.I. The van der Waals surface area contributed by atoms with Gasteiger partial charge in [0.1, 0.15) is 0 Å². The van der Waals surface area contributed by atoms with Gasteiger partial charge in [0, 0.05) is 50.3 Å². The summed E-state index contributed by atoms with van der Waals surface area (Å²) in [5.41, 5.74) is 0. The van der Waals surface area contributed by atoms with Crippen LogP contribution >= 0.6 is 24.0 Å². The van der Waals surface area contributed by atoms with Crippen LogP contribution < -0.4 is 10.6 Å². The van der Waals surface area contributed by atoms with Crippen LogP contribution in [0.5, 0.6) is 0 Å². The molecule has 0 bridgehead atoms. The molecule has 0 saturated carbocycles. The summed E-state index contributed by atoms with van der Waals surface area (Å²) in [5.74, 6) is 0.980. The van der Waals surface area contributed by atoms with Crippen LogP contribution in [0.2, 0.25) is 0 Å². The zero-order valence-corrected chi connectivity index (χ0v) is 19.8. The van der Waals surface area contributed by atoms with Gasteiger partial charge in [-0.15, -0.1) is 24.0 Å². The predicted molar refractivity (Wildman–Crippen MR) is 121 cm³/mol. The summed E-state index contributed by atoms with van der Waals surface area (Å²) < 4.78 is 0. The van der Waals surface area contributed by atoms with Crippen LogP contribution in [0.15, 0.2) is 4.99 Å². The Kier molecular flexibility index (Phi) is 13.1. The molecule has 0 aliphatic carbocycles. The van der Waals surface area contributed by atoms with Crippen molar-refractivity contribution in [2.75, 3.05) is 32.7 Å². The van der Waals surface area contributed by atoms with Gasteiger partial charge in [0.2, 0.25) is 0 Å². The lowest BCUT2D eigenvalue weighted by Gasteiger charge is -2.35. The molecule has 0 aromatic rings. The maximum Gasteiger partial charge on any atom is 0.191 e. The van der Waals surface area contributed by atoms with Gasteiger partial charge in [-0.1, -0.05) is 0 Å². The Morgan fingerprint density at radius 2 is 1.64 bits per heavy atom. The van der Waals surface area contributed by atoms with Crippen LogP contribution in [-0.2, 0) is 0 Å². The average molecular weight is 467 g/mol. The molecule has 1 rings (SSSR count). The van der Waals surface area contributed by atoms with E-state index in [0.717, 1.165) is 25.6 Å². The first-order valence-electron chi connectivity index (χ1n) is 9.89. The summed E-state index contributed by atoms with van der Waals surface area (Å²) in [6.07, 6.45) is 2.40. The van der Waals surface area contributed by atoms with Crippen LogP contribution in [0.4, 0.5) is 0 Å². The summed E-state index contributed by atoms with van der Waals surface area (Å²) in [7, 11) is 0. The summed E-state index contributed by atoms with van der Waals surface area (Å²) in [5, 5.41) is 7.05. The van der Waals surface area contributed by atoms with Crippen molar-refractivity contribution in [3.05, 3.63) is 0 Å². The highest BCUT2D eigenvalue weighted by atomic mass is 127. The van der Waals surface area contributed by atoms with Gasteiger partial charge < -0.3 is 15.5 Å². The second kappa shape index (κ2) is 13.1. The van der Waals surface area contributed by atoms with Crippen molar-refractivity contribution in [2.45, 2.75) is 85.5 Å². The Balaban J connectivity index is 0.00000576. The van der Waals surface area contributed by atoms with E-state index in [-0.39, 0.29) is 24.0 Å². The Labute approximate surface area is 173 Å². The molecule has 2 N–H and O–H groups in total. The third kappa shape index (κ3) is 9.43. The second-order valence-electron chi connectivity index (χ2n) is 7.73. The zero-order chi connectivity index (χ0) is 18.1. The highest BCUT2D eigenvalue weighted by molar-refractivity contribution is 14.0. The summed E-state index contributed by atoms with van der Waals surface area (Å²) >= 11 is 0. The number of halogens is 1. The van der Waals surface area contributed by atoms with Gasteiger partial charge in [-0.25, -0.2) is 0 Å². The molecule has 0 unspecified atom stereocenters. The molecule has 0 aromatic carbocycles. The number of aliphatic imine (C=N–C) groups is 1. The molecular formula is C19H42IN5. The van der Waals surface area contributed by atoms with E-state index >= 15 is 0 Å². The second-order valence-corrected chi connectivity index (χ2v) is 7.73. The van der Waals surface area contributed by atoms with Crippen LogP contribution in [0.3, 0.4) is 0 Å². The molecule has 25 heavy (non-hydrogen) atoms. The first-order chi connectivity index (χ1) is 11.3. The van der Waals surface area contributed by atoms with Crippen molar-refractivity contribution >= 4 is 29.9 Å². The molecule has 1 aliphatic rings. The first kappa shape index (κ1) is 24.9. The van der Waals surface area contributed by atoms with Crippen molar-refractivity contribution < 1.29 is 0 Å². The minimum atomic E-state index is 0. The van der Waals surface area contributed by atoms with Gasteiger partial charge in [-0.2, -0.15) is 0 Å². The number of guanidine groups is 1. The Morgan fingerprint density at radius 1 is 1.08 bits per heavy atom. The highest BCUT2D eigenvalue weighted by Crippen LogP contribution is 2.12. The monoisotopic (exact) mass is 467 g/mol. The van der Waals surface area contributed by atoms with Gasteiger partial charge in [0.25, 0.3) is 0 Å². The third-order valence-electron chi connectivity index (χ3n) is 4.90. The number of nitrogens with one attached hydrogen (secondary N) is 2. The molecule has 5 nitrogen and oxygen atoms in total. The predicted octanol–water partition coefficient (Wildman–Crippen LogP) is 3.15. The van der Waals surface area contributed by atoms with E-state index in [1.807, 2.05) is 0 Å². The molecule has 0 spiro atoms. The van der Waals surface area contributed by atoms with E-state index in [0.29, 0.717) is 24.2 Å². The summed E-state index contributed by atoms with van der Waals surface area (Å²) in [6.45, 7) is 20.9. The van der Waals surface area contributed by atoms with Gasteiger partial charge in [-0.05, 0) is 61.3 Å². The molecule has 1 fully saturated rings. The molecule has 1 heterocycles. The normalized spacial score (nSPS) is 17.5. The lowest BCUT2D eigenvalue weighted by atomic mass is 10.0. The Morgan fingerprint density at radius 3 is 2.08 bits per heavy atom. The van der Waals surface area contributed by atoms with Gasteiger partial charge in [0.05, 0.1) is 6.54 Å². The van der Waals surface area contributed by atoms with Crippen molar-refractivity contribution in [3.63, 3.8) is 0 Å². The fraction of sp³-hybridized carbons (Fsp3) is 0.947. The van der Waals surface area contributed by atoms with E-state index in [2.05, 4.69) is 68.9 Å². The highest BCUT2D eigenvalue weighted by Gasteiger charge is 2.21. The zero-order valence-electron chi connectivity index (χ0n) is 17.5. The van der Waals surface area contributed by atoms with E-state index < -0.39 is 0 Å². The van der Waals surface area contributed by atoms with Crippen molar-refractivity contribution in [3.8, 4) is 0 Å². The van der Waals surface area contributed by atoms with Gasteiger partial charge >= 0.3 is 0 Å². The maximum absolute atomic E-state index is 4.81. The largest absolute Gasteiger partial charge is 0.357 e. The standard InChI is InChI=1S/C19H41N5.HI/c1-8-20-19(21-11-14-24(16(4)5)17(6)7)22-18-9-12-23(13-10-18)15(2)3;/h15-18H,8-14H2,1-7H3,(H2,20,21,22);1H. The molecule has 0 amide bonds. The summed E-state index contributed by atoms with van der Waals surface area (Å²) in [4.78, 5) is 9.86. The van der Waals surface area contributed by atoms with E-state index in [9.17, 15) is 0 Å². The minimum Gasteiger partial charge on any atom is -0.357 e. The van der Waals surface area contributed by atoms with Crippen LogP contribution in [0, 0.1) is 0 Å². The lowest BCUT2D eigenvalue weighted by molar-refractivity contribution is 0.167. The van der Waals surface area contributed by atoms with Gasteiger partial charge in [-0.3, -0.25) is 9.89 Å². The fourth-order valence-corrected chi connectivity index (χ4v) is 3.46. The molecule has 1 aliphatic heterocycles. The molecule has 0 aromatic heterocycles. The lowest BCUT2D eigenvalue weighted by Crippen LogP contribution is -2.50. The first-order valence-corrected chi connectivity index (χ1v) is 9.89. The Hall–Kier alpha value is -0.0800. The molecule has 6 heteroatoms. The number of nitrogens with zero attached hydrogens (tertiary/aromatic N) is 3. The minimum absolute atomic E-state index is 0. The Bertz CT molecular complexity index is 355. The maximum atomic E-state index is 4.81. The van der Waals surface area contributed by atoms with Crippen LogP contribution in [0.25, 0.3) is 0 Å². The third-order valence-corrected chi connectivity index (χ3v) is 4.90. The number of rotatable bonds is 8. The quantitative estimate of drug-likeness (QED) is 0.327. The fourth-order valence-electron chi connectivity index (χ4n) is 3.46. The number of hydrogen-bond donors (Lipinski definition) is 2. The molecular weight excluding hydrogens is 425 g/mol. The number of piperidine rings is 1. The van der Waals surface area contributed by atoms with Crippen molar-refractivity contribution in [2.24, 2.45) is 4.99 Å². The topological polar surface area (TPSA) is 42.9 Å². The van der Waals surface area contributed by atoms with Crippen molar-refractivity contribution in [1.29, 1.82) is 0 Å². The number of hydrogen-bond acceptors (Lipinski definition) is 3. The van der Waals surface area contributed by atoms with Crippen LogP contribution in [0.1, 0.15) is 61.3 Å². The number of likely N-dealkylation sites (tertiary alicyclic amines) is 1. The van der Waals surface area contributed by atoms with Crippen LogP contribution in [-0.4, -0.2) is 72.7 Å². The molecule has 0 radical (unpaired) electrons. The van der Waals surface area contributed by atoms with Crippen molar-refractivity contribution in [1.82, 2.24) is 20.4 Å². The smallest absolute Gasteiger partial charge is 0.191 e.